The van der Waals surface area contributed by atoms with Crippen LogP contribution in [0.25, 0.3) is 0 Å². The smallest absolute Gasteiger partial charge is 0.261 e. The van der Waals surface area contributed by atoms with E-state index < -0.39 is 11.7 Å². The first-order chi connectivity index (χ1) is 9.11. The van der Waals surface area contributed by atoms with E-state index in [0.29, 0.717) is 18.0 Å². The number of nitrogens with zero attached hydrogens (tertiary/aromatic N) is 2. The molecule has 0 unspecified atom stereocenters. The molecule has 2 aromatic rings. The quantitative estimate of drug-likeness (QED) is 0.906. The Labute approximate surface area is 117 Å². The molecule has 8 heteroatoms. The van der Waals surface area contributed by atoms with Gasteiger partial charge in [0.05, 0.1) is 10.6 Å². The van der Waals surface area contributed by atoms with Crippen molar-refractivity contribution in [3.05, 3.63) is 39.6 Å². The van der Waals surface area contributed by atoms with Crippen LogP contribution in [0.1, 0.15) is 15.4 Å². The van der Waals surface area contributed by atoms with Gasteiger partial charge in [-0.2, -0.15) is 0 Å². The van der Waals surface area contributed by atoms with Crippen molar-refractivity contribution in [1.29, 1.82) is 0 Å². The maximum absolute atomic E-state index is 13.5. The van der Waals surface area contributed by atoms with Crippen molar-refractivity contribution in [2.45, 2.75) is 6.42 Å². The van der Waals surface area contributed by atoms with Gasteiger partial charge < -0.3 is 5.73 Å². The molecule has 100 valence electrons. The number of hydrogen-bond acceptors (Lipinski definition) is 5. The van der Waals surface area contributed by atoms with E-state index in [0.717, 1.165) is 0 Å². The zero-order chi connectivity index (χ0) is 13.8. The van der Waals surface area contributed by atoms with Crippen molar-refractivity contribution in [3.63, 3.8) is 0 Å². The van der Waals surface area contributed by atoms with E-state index in [1.165, 1.54) is 29.5 Å². The number of aromatic nitrogens is 2. The first-order valence-corrected chi connectivity index (χ1v) is 6.59. The lowest BCUT2D eigenvalue weighted by molar-refractivity contribution is 0.102. The topological polar surface area (TPSA) is 80.9 Å². The van der Waals surface area contributed by atoms with E-state index in [1.807, 2.05) is 0 Å². The maximum atomic E-state index is 13.5. The monoisotopic (exact) mass is 300 g/mol. The molecular weight excluding hydrogens is 291 g/mol. The van der Waals surface area contributed by atoms with Gasteiger partial charge in [-0.1, -0.05) is 29.0 Å². The summed E-state index contributed by atoms with van der Waals surface area (Å²) in [5.41, 5.74) is 5.18. The Morgan fingerprint density at radius 2 is 2.26 bits per heavy atom. The molecule has 0 atom stereocenters. The Balaban J connectivity index is 2.16. The molecule has 0 aliphatic carbocycles. The van der Waals surface area contributed by atoms with Crippen molar-refractivity contribution in [3.8, 4) is 0 Å². The number of nitrogens with two attached hydrogens (primary N) is 1. The third-order valence-electron chi connectivity index (χ3n) is 2.24. The number of hydrogen-bond donors (Lipinski definition) is 2. The largest absolute Gasteiger partial charge is 0.330 e. The van der Waals surface area contributed by atoms with Crippen LogP contribution < -0.4 is 11.1 Å². The van der Waals surface area contributed by atoms with Crippen molar-refractivity contribution >= 4 is 34.0 Å². The molecule has 19 heavy (non-hydrogen) atoms. The van der Waals surface area contributed by atoms with Crippen molar-refractivity contribution in [1.82, 2.24) is 10.2 Å². The molecule has 0 radical (unpaired) electrons. The van der Waals surface area contributed by atoms with Crippen LogP contribution in [0.2, 0.25) is 5.02 Å². The lowest BCUT2D eigenvalue weighted by Gasteiger charge is -2.04. The fourth-order valence-electron chi connectivity index (χ4n) is 1.40. The van der Waals surface area contributed by atoms with Gasteiger partial charge in [0, 0.05) is 6.42 Å². The summed E-state index contributed by atoms with van der Waals surface area (Å²) in [6, 6.07) is 4.04. The Morgan fingerprint density at radius 3 is 2.95 bits per heavy atom. The maximum Gasteiger partial charge on any atom is 0.261 e. The van der Waals surface area contributed by atoms with Crippen LogP contribution in [-0.4, -0.2) is 22.6 Å². The van der Waals surface area contributed by atoms with Gasteiger partial charge in [-0.25, -0.2) is 4.39 Å². The van der Waals surface area contributed by atoms with Gasteiger partial charge in [-0.3, -0.25) is 10.1 Å². The van der Waals surface area contributed by atoms with Crippen LogP contribution in [-0.2, 0) is 6.42 Å². The van der Waals surface area contributed by atoms with Gasteiger partial charge in [-0.05, 0) is 18.7 Å². The molecule has 0 aliphatic rings. The van der Waals surface area contributed by atoms with Crippen LogP contribution in [0.3, 0.4) is 0 Å². The molecular formula is C11H10ClFN4OS. The molecule has 1 aromatic heterocycles. The summed E-state index contributed by atoms with van der Waals surface area (Å²) in [5.74, 6) is -1.34. The van der Waals surface area contributed by atoms with Crippen LogP contribution in [0.15, 0.2) is 18.2 Å². The second kappa shape index (κ2) is 6.05. The Hall–Kier alpha value is -1.57. The van der Waals surface area contributed by atoms with Gasteiger partial charge in [0.2, 0.25) is 5.13 Å². The first kappa shape index (κ1) is 13.9. The average molecular weight is 301 g/mol. The number of carbonyl (C=O) groups excluding carboxylic acids is 1. The minimum absolute atomic E-state index is 0.0456. The highest BCUT2D eigenvalue weighted by Crippen LogP contribution is 2.22. The highest BCUT2D eigenvalue weighted by atomic mass is 35.5. The Morgan fingerprint density at radius 1 is 1.47 bits per heavy atom. The predicted molar refractivity (Wildman–Crippen MR) is 72.0 cm³/mol. The van der Waals surface area contributed by atoms with Gasteiger partial charge in [0.25, 0.3) is 5.91 Å². The van der Waals surface area contributed by atoms with Gasteiger partial charge in [-0.15, -0.1) is 10.2 Å². The molecule has 0 spiro atoms. The van der Waals surface area contributed by atoms with E-state index in [1.54, 1.807) is 0 Å². The van der Waals surface area contributed by atoms with E-state index >= 15 is 0 Å². The molecule has 3 N–H and O–H groups in total. The van der Waals surface area contributed by atoms with Gasteiger partial charge in [0.15, 0.2) is 0 Å². The number of halogens is 2. The predicted octanol–water partition coefficient (Wildman–Crippen LogP) is 2.08. The molecule has 0 bridgehead atoms. The van der Waals surface area contributed by atoms with Crippen LogP contribution >= 0.6 is 22.9 Å². The van der Waals surface area contributed by atoms with E-state index in [2.05, 4.69) is 15.5 Å². The highest BCUT2D eigenvalue weighted by Gasteiger charge is 2.17. The van der Waals surface area contributed by atoms with E-state index in [4.69, 9.17) is 17.3 Å². The van der Waals surface area contributed by atoms with Crippen LogP contribution in [0.5, 0.6) is 0 Å². The number of carbonyl (C=O) groups is 1. The molecule has 2 rings (SSSR count). The zero-order valence-corrected chi connectivity index (χ0v) is 11.3. The third-order valence-corrected chi connectivity index (χ3v) is 3.45. The average Bonchev–Trinajstić information content (AvgIpc) is 2.77. The third kappa shape index (κ3) is 3.25. The van der Waals surface area contributed by atoms with E-state index in [9.17, 15) is 9.18 Å². The van der Waals surface area contributed by atoms with Gasteiger partial charge in [0.1, 0.15) is 10.8 Å². The molecule has 1 amide bonds. The summed E-state index contributed by atoms with van der Waals surface area (Å²) in [7, 11) is 0. The van der Waals surface area contributed by atoms with Gasteiger partial charge >= 0.3 is 0 Å². The first-order valence-electron chi connectivity index (χ1n) is 5.39. The number of nitrogens with one attached hydrogen (secondary N) is 1. The van der Waals surface area contributed by atoms with Crippen LogP contribution in [0, 0.1) is 5.82 Å². The summed E-state index contributed by atoms with van der Waals surface area (Å²) in [6.45, 7) is 0.446. The Kier molecular flexibility index (Phi) is 4.41. The van der Waals surface area contributed by atoms with E-state index in [-0.39, 0.29) is 15.7 Å². The highest BCUT2D eigenvalue weighted by molar-refractivity contribution is 7.15. The molecule has 0 aliphatic heterocycles. The summed E-state index contributed by atoms with van der Waals surface area (Å²) in [4.78, 5) is 11.9. The Bertz CT molecular complexity index is 584. The van der Waals surface area contributed by atoms with Crippen molar-refractivity contribution in [2.24, 2.45) is 5.73 Å². The molecule has 0 saturated heterocycles. The summed E-state index contributed by atoms with van der Waals surface area (Å²) in [6.07, 6.45) is 0.577. The summed E-state index contributed by atoms with van der Waals surface area (Å²) >= 11 is 6.99. The lowest BCUT2D eigenvalue weighted by atomic mass is 10.2. The second-order valence-electron chi connectivity index (χ2n) is 3.59. The molecule has 1 heterocycles. The molecule has 1 aromatic carbocycles. The second-order valence-corrected chi connectivity index (χ2v) is 5.06. The normalized spacial score (nSPS) is 10.5. The zero-order valence-electron chi connectivity index (χ0n) is 9.69. The SMILES string of the molecule is NCCc1nnc(NC(=O)c2c(F)cccc2Cl)s1. The molecule has 5 nitrogen and oxygen atoms in total. The minimum atomic E-state index is -0.684. The fourth-order valence-corrected chi connectivity index (χ4v) is 2.40. The number of amides is 1. The number of benzene rings is 1. The summed E-state index contributed by atoms with van der Waals surface area (Å²) < 4.78 is 13.5. The minimum Gasteiger partial charge on any atom is -0.330 e. The molecule has 0 saturated carbocycles. The lowest BCUT2D eigenvalue weighted by Crippen LogP contribution is -2.14. The van der Waals surface area contributed by atoms with Crippen LogP contribution in [0.4, 0.5) is 9.52 Å². The number of anilines is 1. The number of rotatable bonds is 4. The molecule has 0 fully saturated rings. The summed E-state index contributed by atoms with van der Waals surface area (Å²) in [5, 5.41) is 11.1. The van der Waals surface area contributed by atoms with Crippen molar-refractivity contribution < 1.29 is 9.18 Å². The van der Waals surface area contributed by atoms with Crippen molar-refractivity contribution in [2.75, 3.05) is 11.9 Å². The fraction of sp³-hybridized carbons (Fsp3) is 0.182. The standard InChI is InChI=1S/C11H10ClFN4OS/c12-6-2-1-3-7(13)9(6)10(18)15-11-17-16-8(19-11)4-5-14/h1-3H,4-5,14H2,(H,15,17,18).